The number of hydrogen-bond acceptors (Lipinski definition) is 5. The number of alkyl halides is 1. The van der Waals surface area contributed by atoms with Gasteiger partial charge in [0.25, 0.3) is 0 Å². The van der Waals surface area contributed by atoms with E-state index in [-0.39, 0.29) is 81.3 Å². The molecule has 9 heteroatoms. The van der Waals surface area contributed by atoms with Crippen molar-refractivity contribution in [3.05, 3.63) is 97.9 Å². The van der Waals surface area contributed by atoms with Gasteiger partial charge in [0, 0.05) is 32.1 Å². The molecule has 37 heavy (non-hydrogen) atoms. The Hall–Kier alpha value is 0.370. The molecule has 0 atom stereocenters. The number of rotatable bonds is 7. The topological polar surface area (TPSA) is 50.2 Å². The van der Waals surface area contributed by atoms with Gasteiger partial charge in [-0.25, -0.2) is 0 Å². The van der Waals surface area contributed by atoms with Crippen LogP contribution in [0.1, 0.15) is 34.6 Å². The van der Waals surface area contributed by atoms with E-state index in [2.05, 4.69) is 38.6 Å². The third-order valence-electron chi connectivity index (χ3n) is 3.30. The van der Waals surface area contributed by atoms with Gasteiger partial charge in [-0.3, -0.25) is 0 Å². The van der Waals surface area contributed by atoms with Crippen molar-refractivity contribution in [1.29, 1.82) is 0 Å². The molecule has 3 aromatic carbocycles. The number of aliphatic hydroxyl groups is 1. The predicted molar refractivity (Wildman–Crippen MR) is 161 cm³/mol. The summed E-state index contributed by atoms with van der Waals surface area (Å²) in [5.74, 6) is 2.50. The number of thiol groups is 1. The van der Waals surface area contributed by atoms with Gasteiger partial charge >= 0.3 is 29.6 Å². The van der Waals surface area contributed by atoms with Crippen molar-refractivity contribution in [2.45, 2.75) is 49.3 Å². The van der Waals surface area contributed by atoms with E-state index >= 15 is 0 Å². The average Bonchev–Trinajstić information content (AvgIpc) is 2.84. The zero-order chi connectivity index (χ0) is 23.0. The second-order valence-electron chi connectivity index (χ2n) is 5.92. The zero-order valence-electron chi connectivity index (χ0n) is 20.4. The monoisotopic (exact) mass is 635 g/mol. The molecule has 0 aliphatic rings. The molecule has 2 N–H and O–H groups in total. The molecule has 2 nitrogen and oxygen atoms in total. The number of thioether (sulfide) groups is 2. The van der Waals surface area contributed by atoms with Gasteiger partial charge in [-0.1, -0.05) is 76.4 Å². The van der Waals surface area contributed by atoms with Crippen LogP contribution in [0.15, 0.2) is 106 Å². The van der Waals surface area contributed by atoms with E-state index in [1.54, 1.807) is 23.5 Å². The predicted octanol–water partition coefficient (Wildman–Crippen LogP) is 0.492. The molecule has 0 amide bonds. The van der Waals surface area contributed by atoms with Crippen molar-refractivity contribution in [3.8, 4) is 0 Å². The standard InChI is InChI=1S/C8H9ClS.C8H10OS.C6H6S.C4H9.2CH4.2ClH.Na.H2O/c2*9-6-7-10-8-4-2-1-3-5-8;7-6-4-2-1-3-5-6;1-3-4-2;;;;;;/h1-5H,6-7H2;1-5,9H,6-7H2;1-5,7H;1,3-4H2,2H3;2*1H4;2*1H;;1H2/q;;;+1;;;;;+1;/p-3. The van der Waals surface area contributed by atoms with Gasteiger partial charge in [-0.15, -0.1) is 47.8 Å². The van der Waals surface area contributed by atoms with Gasteiger partial charge in [0.05, 0.1) is 20.0 Å². The molecule has 0 radical (unpaired) electrons. The van der Waals surface area contributed by atoms with Gasteiger partial charge in [0.2, 0.25) is 0 Å². The Bertz CT molecular complexity index is 687. The van der Waals surface area contributed by atoms with Crippen LogP contribution < -0.4 is 54.4 Å². The maximum atomic E-state index is 8.51. The van der Waals surface area contributed by atoms with Gasteiger partial charge in [-0.05, 0) is 42.8 Å². The Morgan fingerprint density at radius 1 is 0.757 bits per heavy atom. The molecule has 0 aliphatic carbocycles. The first-order valence-electron chi connectivity index (χ1n) is 10.2. The first-order chi connectivity index (χ1) is 15.2. The fraction of sp³-hybridized carbons (Fsp3) is 0.321. The molecule has 0 spiro atoms. The van der Waals surface area contributed by atoms with E-state index < -0.39 is 0 Å². The van der Waals surface area contributed by atoms with E-state index in [9.17, 15) is 0 Å². The Labute approximate surface area is 281 Å². The van der Waals surface area contributed by atoms with Crippen LogP contribution in [0, 0.1) is 6.92 Å². The summed E-state index contributed by atoms with van der Waals surface area (Å²) in [5.41, 5.74) is 0. The number of halogens is 3. The van der Waals surface area contributed by atoms with Gasteiger partial charge in [0.1, 0.15) is 0 Å². The van der Waals surface area contributed by atoms with E-state index in [0.29, 0.717) is 0 Å². The molecular formula is C28H43Cl3NaO2S3-. The molecular weight excluding hydrogens is 594 g/mol. The maximum absolute atomic E-state index is 8.51. The van der Waals surface area contributed by atoms with E-state index in [1.165, 1.54) is 16.2 Å². The average molecular weight is 637 g/mol. The van der Waals surface area contributed by atoms with Crippen molar-refractivity contribution >= 4 is 47.8 Å². The van der Waals surface area contributed by atoms with Gasteiger partial charge in [0.15, 0.2) is 0 Å². The number of hydrogen-bond donors (Lipinski definition) is 2. The van der Waals surface area contributed by atoms with Crippen molar-refractivity contribution in [2.75, 3.05) is 24.0 Å². The normalized spacial score (nSPS) is 7.68. The molecule has 0 saturated carbocycles. The van der Waals surface area contributed by atoms with E-state index in [1.807, 2.05) is 78.9 Å². The SMILES string of the molecule is C.C.ClCCSc1ccccc1.OCCSc1ccccc1.Sc1ccccc1.[CH2+]CCC.[Cl-].[Cl-].[Na+].[OH-]. The third kappa shape index (κ3) is 38.6. The zero-order valence-corrected chi connectivity index (χ0v) is 27.2. The van der Waals surface area contributed by atoms with Crippen LogP contribution in [0.3, 0.4) is 0 Å². The molecule has 3 aromatic rings. The van der Waals surface area contributed by atoms with Gasteiger partial charge in [-0.2, -0.15) is 0 Å². The Morgan fingerprint density at radius 3 is 1.32 bits per heavy atom. The van der Waals surface area contributed by atoms with Crippen LogP contribution >= 0.6 is 47.8 Å². The van der Waals surface area contributed by atoms with Crippen molar-refractivity contribution < 1.29 is 65.0 Å². The maximum Gasteiger partial charge on any atom is 1.00 e. The minimum absolute atomic E-state index is 0. The molecule has 0 aliphatic heterocycles. The summed E-state index contributed by atoms with van der Waals surface area (Å²) >= 11 is 13.1. The second kappa shape index (κ2) is 43.4. The Balaban J connectivity index is -0.0000000639. The quantitative estimate of drug-likeness (QED) is 0.130. The Morgan fingerprint density at radius 2 is 1.08 bits per heavy atom. The Kier molecular flexibility index (Phi) is 62.9. The summed E-state index contributed by atoms with van der Waals surface area (Å²) in [7, 11) is 0. The number of unbranched alkanes of at least 4 members (excludes halogenated alkanes) is 1. The first kappa shape index (κ1) is 53.6. The van der Waals surface area contributed by atoms with Crippen molar-refractivity contribution in [3.63, 3.8) is 0 Å². The molecule has 208 valence electrons. The summed E-state index contributed by atoms with van der Waals surface area (Å²) < 4.78 is 0. The molecule has 0 fully saturated rings. The molecule has 3 rings (SSSR count). The largest absolute Gasteiger partial charge is 1.00 e. The third-order valence-corrected chi connectivity index (χ3v) is 6.02. The summed E-state index contributed by atoms with van der Waals surface area (Å²) in [4.78, 5) is 3.53. The molecule has 0 unspecified atom stereocenters. The van der Waals surface area contributed by atoms with Crippen LogP contribution in [-0.2, 0) is 0 Å². The summed E-state index contributed by atoms with van der Waals surface area (Å²) in [5, 5.41) is 8.51. The fourth-order valence-corrected chi connectivity index (χ4v) is 3.52. The van der Waals surface area contributed by atoms with Crippen molar-refractivity contribution in [1.82, 2.24) is 0 Å². The van der Waals surface area contributed by atoms with Crippen LogP contribution in [0.5, 0.6) is 0 Å². The fourth-order valence-electron chi connectivity index (χ4n) is 1.78. The summed E-state index contributed by atoms with van der Waals surface area (Å²) in [6.45, 7) is 5.97. The molecule has 0 heterocycles. The first-order valence-corrected chi connectivity index (χ1v) is 13.2. The molecule has 0 saturated heterocycles. The van der Waals surface area contributed by atoms with Crippen molar-refractivity contribution in [2.24, 2.45) is 0 Å². The van der Waals surface area contributed by atoms with E-state index in [0.717, 1.165) is 28.7 Å². The molecule has 0 bridgehead atoms. The number of benzene rings is 3. The smallest absolute Gasteiger partial charge is 1.00 e. The van der Waals surface area contributed by atoms with Crippen LogP contribution in [0.2, 0.25) is 0 Å². The minimum atomic E-state index is 0. The van der Waals surface area contributed by atoms with Crippen LogP contribution in [-0.4, -0.2) is 34.6 Å². The number of aliphatic hydroxyl groups excluding tert-OH is 1. The second-order valence-corrected chi connectivity index (χ2v) is 9.16. The van der Waals surface area contributed by atoms with Crippen LogP contribution in [0.25, 0.3) is 0 Å². The van der Waals surface area contributed by atoms with E-state index in [4.69, 9.17) is 16.7 Å². The van der Waals surface area contributed by atoms with Crippen LogP contribution in [0.4, 0.5) is 0 Å². The summed E-state index contributed by atoms with van der Waals surface area (Å²) in [6, 6.07) is 30.1. The van der Waals surface area contributed by atoms with Gasteiger partial charge < -0.3 is 35.4 Å². The summed E-state index contributed by atoms with van der Waals surface area (Å²) in [6.07, 6.45) is 2.28. The minimum Gasteiger partial charge on any atom is -1.00 e. The molecule has 0 aromatic heterocycles.